The molecular weight excluding hydrogens is 376 g/mol. The van der Waals surface area contributed by atoms with Gasteiger partial charge in [0.25, 0.3) is 0 Å². The molecule has 2 amide bonds. The molecule has 1 aromatic rings. The number of alkyl halides is 6. The van der Waals surface area contributed by atoms with E-state index in [-0.39, 0.29) is 19.0 Å². The van der Waals surface area contributed by atoms with Crippen LogP contribution in [0.15, 0.2) is 24.3 Å². The zero-order valence-electron chi connectivity index (χ0n) is 14.6. The average Bonchev–Trinajstić information content (AvgIpc) is 2.97. The molecule has 2 rings (SSSR count). The second-order valence-electron chi connectivity index (χ2n) is 6.70. The maximum absolute atomic E-state index is 12.6. The van der Waals surface area contributed by atoms with E-state index in [0.29, 0.717) is 18.5 Å². The third-order valence-electron chi connectivity index (χ3n) is 4.41. The molecule has 10 heteroatoms. The number of benzene rings is 1. The van der Waals surface area contributed by atoms with Gasteiger partial charge in [0.2, 0.25) is 0 Å². The molecule has 0 aliphatic carbocycles. The third-order valence-corrected chi connectivity index (χ3v) is 4.41. The average molecular weight is 397 g/mol. The molecule has 1 aliphatic heterocycles. The van der Waals surface area contributed by atoms with Gasteiger partial charge in [-0.15, -0.1) is 0 Å². The van der Waals surface area contributed by atoms with Gasteiger partial charge in [-0.1, -0.05) is 12.1 Å². The zero-order valence-corrected chi connectivity index (χ0v) is 14.6. The summed E-state index contributed by atoms with van der Waals surface area (Å²) in [6.07, 6.45) is -8.10. The molecule has 4 nitrogen and oxygen atoms in total. The van der Waals surface area contributed by atoms with Crippen LogP contribution in [-0.4, -0.2) is 43.3 Å². The largest absolute Gasteiger partial charge is 0.416 e. The van der Waals surface area contributed by atoms with Crippen LogP contribution in [0, 0.1) is 5.92 Å². The molecule has 2 unspecified atom stereocenters. The molecule has 0 spiro atoms. The molecule has 1 heterocycles. The molecule has 27 heavy (non-hydrogen) atoms. The van der Waals surface area contributed by atoms with E-state index in [0.717, 1.165) is 12.1 Å². The quantitative estimate of drug-likeness (QED) is 0.739. The molecule has 1 saturated heterocycles. The van der Waals surface area contributed by atoms with Crippen LogP contribution >= 0.6 is 0 Å². The van der Waals surface area contributed by atoms with Gasteiger partial charge in [-0.3, -0.25) is 4.90 Å². The first-order chi connectivity index (χ1) is 12.4. The van der Waals surface area contributed by atoms with Gasteiger partial charge < -0.3 is 10.6 Å². The van der Waals surface area contributed by atoms with Crippen molar-refractivity contribution in [2.45, 2.75) is 31.7 Å². The molecule has 0 bridgehead atoms. The standard InChI is InChI=1S/C17H21F6N3O/c1-11(13-2-4-14(5-3-13)17(21,22)23)25-15(27)24-8-12-6-7-26(9-12)10-16(18,19)20/h2-5,11-12H,6-10H2,1H3,(H2,24,25,27). The number of urea groups is 1. The lowest BCUT2D eigenvalue weighted by molar-refractivity contribution is -0.143. The van der Waals surface area contributed by atoms with E-state index >= 15 is 0 Å². The fourth-order valence-corrected chi connectivity index (χ4v) is 3.01. The van der Waals surface area contributed by atoms with Crippen LogP contribution < -0.4 is 10.6 Å². The molecule has 0 saturated carbocycles. The van der Waals surface area contributed by atoms with Crippen molar-refractivity contribution in [3.8, 4) is 0 Å². The summed E-state index contributed by atoms with van der Waals surface area (Å²) in [5, 5.41) is 5.21. The zero-order chi connectivity index (χ0) is 20.2. The highest BCUT2D eigenvalue weighted by Crippen LogP contribution is 2.30. The van der Waals surface area contributed by atoms with Gasteiger partial charge >= 0.3 is 18.4 Å². The van der Waals surface area contributed by atoms with Crippen LogP contribution in [-0.2, 0) is 6.18 Å². The Morgan fingerprint density at radius 3 is 2.37 bits per heavy atom. The predicted octanol–water partition coefficient (Wildman–Crippen LogP) is 3.95. The van der Waals surface area contributed by atoms with Crippen molar-refractivity contribution in [2.24, 2.45) is 5.92 Å². The SMILES string of the molecule is CC(NC(=O)NCC1CCN(CC(F)(F)F)C1)c1ccc(C(F)(F)F)cc1. The highest BCUT2D eigenvalue weighted by Gasteiger charge is 2.34. The number of hydrogen-bond acceptors (Lipinski definition) is 2. The predicted molar refractivity (Wildman–Crippen MR) is 87.0 cm³/mol. The Morgan fingerprint density at radius 1 is 1.19 bits per heavy atom. The van der Waals surface area contributed by atoms with Crippen LogP contribution in [0.1, 0.15) is 30.5 Å². The molecule has 152 valence electrons. The molecule has 2 N–H and O–H groups in total. The minimum absolute atomic E-state index is 0.0699. The first-order valence-electron chi connectivity index (χ1n) is 8.44. The topological polar surface area (TPSA) is 44.4 Å². The van der Waals surface area contributed by atoms with Gasteiger partial charge in [-0.25, -0.2) is 4.79 Å². The molecule has 2 atom stereocenters. The Bertz CT molecular complexity index is 629. The molecule has 1 aliphatic rings. The summed E-state index contributed by atoms with van der Waals surface area (Å²) >= 11 is 0. The van der Waals surface area contributed by atoms with Crippen molar-refractivity contribution in [1.29, 1.82) is 0 Å². The first kappa shape index (κ1) is 21.3. The Labute approximate surface area is 152 Å². The van der Waals surface area contributed by atoms with Crippen LogP contribution in [0.25, 0.3) is 0 Å². The normalized spacial score (nSPS) is 19.7. The maximum atomic E-state index is 12.6. The van der Waals surface area contributed by atoms with E-state index in [1.54, 1.807) is 6.92 Å². The summed E-state index contributed by atoms with van der Waals surface area (Å²) in [4.78, 5) is 13.2. The van der Waals surface area contributed by atoms with Crippen molar-refractivity contribution in [3.05, 3.63) is 35.4 Å². The number of likely N-dealkylation sites (tertiary alicyclic amines) is 1. The van der Waals surface area contributed by atoms with E-state index in [4.69, 9.17) is 0 Å². The number of rotatable bonds is 5. The first-order valence-corrected chi connectivity index (χ1v) is 8.44. The van der Waals surface area contributed by atoms with Crippen molar-refractivity contribution in [2.75, 3.05) is 26.2 Å². The van der Waals surface area contributed by atoms with Crippen LogP contribution in [0.4, 0.5) is 31.1 Å². The number of amides is 2. The highest BCUT2D eigenvalue weighted by molar-refractivity contribution is 5.74. The molecular formula is C17H21F6N3O. The monoisotopic (exact) mass is 397 g/mol. The van der Waals surface area contributed by atoms with E-state index in [2.05, 4.69) is 10.6 Å². The van der Waals surface area contributed by atoms with Crippen molar-refractivity contribution < 1.29 is 31.1 Å². The minimum Gasteiger partial charge on any atom is -0.338 e. The molecule has 1 aromatic carbocycles. The smallest absolute Gasteiger partial charge is 0.338 e. The van der Waals surface area contributed by atoms with Crippen molar-refractivity contribution >= 4 is 6.03 Å². The van der Waals surface area contributed by atoms with Crippen molar-refractivity contribution in [1.82, 2.24) is 15.5 Å². The number of carbonyl (C=O) groups is 1. The lowest BCUT2D eigenvalue weighted by Gasteiger charge is -2.19. The molecule has 1 fully saturated rings. The fraction of sp³-hybridized carbons (Fsp3) is 0.588. The van der Waals surface area contributed by atoms with Gasteiger partial charge in [0.1, 0.15) is 0 Å². The summed E-state index contributed by atoms with van der Waals surface area (Å²) in [6, 6.07) is 3.44. The molecule has 0 radical (unpaired) electrons. The maximum Gasteiger partial charge on any atom is 0.416 e. The van der Waals surface area contributed by atoms with Gasteiger partial charge in [-0.2, -0.15) is 26.3 Å². The number of nitrogens with zero attached hydrogens (tertiary/aromatic N) is 1. The Kier molecular flexibility index (Phi) is 6.61. The Morgan fingerprint density at radius 2 is 1.81 bits per heavy atom. The summed E-state index contributed by atoms with van der Waals surface area (Å²) in [5.41, 5.74) is -0.261. The summed E-state index contributed by atoms with van der Waals surface area (Å²) < 4.78 is 74.7. The van der Waals surface area contributed by atoms with Gasteiger partial charge in [0, 0.05) is 13.1 Å². The highest BCUT2D eigenvalue weighted by atomic mass is 19.4. The molecule has 0 aromatic heterocycles. The number of halogens is 6. The lowest BCUT2D eigenvalue weighted by Crippen LogP contribution is -2.40. The van der Waals surface area contributed by atoms with Gasteiger partial charge in [0.15, 0.2) is 0 Å². The Balaban J connectivity index is 1.76. The number of hydrogen-bond donors (Lipinski definition) is 2. The van der Waals surface area contributed by atoms with E-state index < -0.39 is 36.5 Å². The second-order valence-corrected chi connectivity index (χ2v) is 6.70. The van der Waals surface area contributed by atoms with E-state index in [1.807, 2.05) is 0 Å². The van der Waals surface area contributed by atoms with Crippen LogP contribution in [0.3, 0.4) is 0 Å². The summed E-state index contributed by atoms with van der Waals surface area (Å²) in [7, 11) is 0. The van der Waals surface area contributed by atoms with E-state index in [1.165, 1.54) is 17.0 Å². The minimum atomic E-state index is -4.42. The van der Waals surface area contributed by atoms with E-state index in [9.17, 15) is 31.1 Å². The number of nitrogens with one attached hydrogen (secondary N) is 2. The lowest BCUT2D eigenvalue weighted by atomic mass is 10.1. The summed E-state index contributed by atoms with van der Waals surface area (Å²) in [5.74, 6) is -0.0699. The Hall–Kier alpha value is -1.97. The fourth-order valence-electron chi connectivity index (χ4n) is 3.01. The van der Waals surface area contributed by atoms with Gasteiger partial charge in [0.05, 0.1) is 18.2 Å². The number of carbonyl (C=O) groups excluding carboxylic acids is 1. The second kappa shape index (κ2) is 8.37. The van der Waals surface area contributed by atoms with Crippen LogP contribution in [0.5, 0.6) is 0 Å². The van der Waals surface area contributed by atoms with Crippen molar-refractivity contribution in [3.63, 3.8) is 0 Å². The van der Waals surface area contributed by atoms with Gasteiger partial charge in [-0.05, 0) is 43.5 Å². The van der Waals surface area contributed by atoms with Crippen LogP contribution in [0.2, 0.25) is 0 Å². The summed E-state index contributed by atoms with van der Waals surface area (Å²) in [6.45, 7) is 1.49. The third kappa shape index (κ3) is 6.93.